The van der Waals surface area contributed by atoms with Crippen molar-refractivity contribution in [2.24, 2.45) is 0 Å². The van der Waals surface area contributed by atoms with Gasteiger partial charge in [-0.15, -0.1) is 11.3 Å². The number of nitriles is 1. The van der Waals surface area contributed by atoms with Gasteiger partial charge in [0.15, 0.2) is 5.69 Å². The van der Waals surface area contributed by atoms with Gasteiger partial charge in [-0.3, -0.25) is 4.98 Å². The Morgan fingerprint density at radius 2 is 2.41 bits per heavy atom. The Kier molecular flexibility index (Phi) is 3.12. The number of carboxylic acid groups (broad SMARTS) is 1. The normalized spacial score (nSPS) is 9.82. The van der Waals surface area contributed by atoms with Crippen LogP contribution in [0.15, 0.2) is 24.5 Å². The predicted octanol–water partition coefficient (Wildman–Crippen LogP) is 1.97. The monoisotopic (exact) mass is 245 g/mol. The van der Waals surface area contributed by atoms with Crippen molar-refractivity contribution < 1.29 is 9.90 Å². The largest absolute Gasteiger partial charge is 0.476 e. The minimum atomic E-state index is -1.11. The molecule has 17 heavy (non-hydrogen) atoms. The lowest BCUT2D eigenvalue weighted by atomic mass is 10.3. The molecule has 0 unspecified atom stereocenters. The van der Waals surface area contributed by atoms with Crippen LogP contribution in [-0.2, 0) is 6.42 Å². The molecular formula is C11H7N3O2S. The third kappa shape index (κ3) is 2.29. The van der Waals surface area contributed by atoms with E-state index in [1.807, 2.05) is 6.07 Å². The number of carbonyl (C=O) groups is 1. The number of pyridine rings is 1. The summed E-state index contributed by atoms with van der Waals surface area (Å²) in [5.74, 6) is -1.11. The van der Waals surface area contributed by atoms with E-state index in [9.17, 15) is 4.79 Å². The molecule has 2 aromatic heterocycles. The van der Waals surface area contributed by atoms with E-state index in [2.05, 4.69) is 9.97 Å². The smallest absolute Gasteiger partial charge is 0.355 e. The molecule has 0 aliphatic heterocycles. The number of hydrogen-bond donors (Lipinski definition) is 1. The number of rotatable bonds is 3. The molecule has 0 amide bonds. The number of carboxylic acids is 1. The molecule has 2 rings (SSSR count). The maximum absolute atomic E-state index is 11.0. The highest BCUT2D eigenvalue weighted by atomic mass is 32.1. The Hall–Kier alpha value is -2.26. The van der Waals surface area contributed by atoms with E-state index in [4.69, 9.17) is 10.4 Å². The zero-order valence-corrected chi connectivity index (χ0v) is 9.44. The van der Waals surface area contributed by atoms with Crippen LogP contribution in [0.5, 0.6) is 0 Å². The van der Waals surface area contributed by atoms with Gasteiger partial charge in [0.05, 0.1) is 17.4 Å². The minimum absolute atomic E-state index is 0.0459. The first-order chi connectivity index (χ1) is 8.22. The van der Waals surface area contributed by atoms with Crippen LogP contribution < -0.4 is 0 Å². The molecule has 0 aromatic carbocycles. The second kappa shape index (κ2) is 4.72. The van der Waals surface area contributed by atoms with E-state index >= 15 is 0 Å². The van der Waals surface area contributed by atoms with E-state index in [1.165, 1.54) is 11.3 Å². The molecule has 0 spiro atoms. The lowest BCUT2D eigenvalue weighted by Crippen LogP contribution is -2.00. The molecule has 0 fully saturated rings. The van der Waals surface area contributed by atoms with Crippen LogP contribution >= 0.6 is 11.3 Å². The number of aromatic nitrogens is 2. The molecule has 0 saturated carbocycles. The first-order valence-electron chi connectivity index (χ1n) is 4.72. The van der Waals surface area contributed by atoms with Crippen molar-refractivity contribution in [3.8, 4) is 16.6 Å². The summed E-state index contributed by atoms with van der Waals surface area (Å²) in [5, 5.41) is 18.2. The van der Waals surface area contributed by atoms with E-state index in [-0.39, 0.29) is 12.1 Å². The number of aromatic carboxylic acids is 1. The topological polar surface area (TPSA) is 86.9 Å². The van der Waals surface area contributed by atoms with Gasteiger partial charge in [-0.1, -0.05) is 0 Å². The van der Waals surface area contributed by atoms with Crippen molar-refractivity contribution in [3.63, 3.8) is 0 Å². The fraction of sp³-hybridized carbons (Fsp3) is 0.0909. The van der Waals surface area contributed by atoms with Crippen LogP contribution in [0, 0.1) is 11.3 Å². The highest BCUT2D eigenvalue weighted by Gasteiger charge is 2.17. The lowest BCUT2D eigenvalue weighted by molar-refractivity contribution is 0.0690. The van der Waals surface area contributed by atoms with Crippen LogP contribution in [0.2, 0.25) is 0 Å². The Bertz CT molecular complexity index is 587. The van der Waals surface area contributed by atoms with Crippen LogP contribution in [-0.4, -0.2) is 21.0 Å². The zero-order valence-electron chi connectivity index (χ0n) is 8.62. The molecular weight excluding hydrogens is 238 g/mol. The summed E-state index contributed by atoms with van der Waals surface area (Å²) in [5.41, 5.74) is 0.708. The maximum atomic E-state index is 11.0. The van der Waals surface area contributed by atoms with Gasteiger partial charge in [0.1, 0.15) is 5.01 Å². The minimum Gasteiger partial charge on any atom is -0.476 e. The molecule has 0 radical (unpaired) electrons. The molecule has 0 bridgehead atoms. The Morgan fingerprint density at radius 1 is 1.59 bits per heavy atom. The number of nitrogens with zero attached hydrogens (tertiary/aromatic N) is 3. The number of thiazole rings is 1. The van der Waals surface area contributed by atoms with Crippen molar-refractivity contribution in [1.82, 2.24) is 9.97 Å². The first-order valence-corrected chi connectivity index (χ1v) is 5.54. The summed E-state index contributed by atoms with van der Waals surface area (Å²) in [7, 11) is 0. The molecule has 0 aliphatic carbocycles. The second-order valence-electron chi connectivity index (χ2n) is 3.17. The molecule has 84 valence electrons. The summed E-state index contributed by atoms with van der Waals surface area (Å²) in [6.07, 6.45) is 3.30. The van der Waals surface area contributed by atoms with Crippen molar-refractivity contribution in [2.75, 3.05) is 0 Å². The summed E-state index contributed by atoms with van der Waals surface area (Å²) in [6, 6.07) is 5.49. The molecule has 0 aliphatic rings. The Labute approximate surface area is 101 Å². The van der Waals surface area contributed by atoms with Crippen LogP contribution in [0.25, 0.3) is 10.6 Å². The first kappa shape index (κ1) is 11.2. The van der Waals surface area contributed by atoms with Gasteiger partial charge in [-0.2, -0.15) is 5.26 Å². The van der Waals surface area contributed by atoms with Crippen molar-refractivity contribution >= 4 is 17.3 Å². The SMILES string of the molecule is N#CCc1sc(-c2cccnc2)nc1C(=O)O. The van der Waals surface area contributed by atoms with Crippen LogP contribution in [0.1, 0.15) is 15.4 Å². The van der Waals surface area contributed by atoms with E-state index in [1.54, 1.807) is 24.5 Å². The third-order valence-electron chi connectivity index (χ3n) is 2.05. The van der Waals surface area contributed by atoms with E-state index < -0.39 is 5.97 Å². The fourth-order valence-corrected chi connectivity index (χ4v) is 2.30. The number of hydrogen-bond acceptors (Lipinski definition) is 5. The lowest BCUT2D eigenvalue weighted by Gasteiger charge is -1.91. The zero-order chi connectivity index (χ0) is 12.3. The molecule has 2 aromatic rings. The predicted molar refractivity (Wildman–Crippen MR) is 61.6 cm³/mol. The Balaban J connectivity index is 2.48. The van der Waals surface area contributed by atoms with Crippen molar-refractivity contribution in [3.05, 3.63) is 35.1 Å². The van der Waals surface area contributed by atoms with Gasteiger partial charge < -0.3 is 5.11 Å². The molecule has 5 nitrogen and oxygen atoms in total. The summed E-state index contributed by atoms with van der Waals surface area (Å²) in [4.78, 5) is 19.4. The Morgan fingerprint density at radius 3 is 3.00 bits per heavy atom. The molecule has 6 heteroatoms. The highest BCUT2D eigenvalue weighted by Crippen LogP contribution is 2.27. The van der Waals surface area contributed by atoms with E-state index in [0.29, 0.717) is 9.88 Å². The summed E-state index contributed by atoms with van der Waals surface area (Å²) in [6.45, 7) is 0. The molecule has 0 saturated heterocycles. The van der Waals surface area contributed by atoms with Crippen molar-refractivity contribution in [2.45, 2.75) is 6.42 Å². The molecule has 1 N–H and O–H groups in total. The fourth-order valence-electron chi connectivity index (χ4n) is 1.32. The quantitative estimate of drug-likeness (QED) is 0.893. The van der Waals surface area contributed by atoms with Gasteiger partial charge in [0.2, 0.25) is 0 Å². The summed E-state index contributed by atoms with van der Waals surface area (Å²) < 4.78 is 0. The second-order valence-corrected chi connectivity index (χ2v) is 4.26. The van der Waals surface area contributed by atoms with Crippen molar-refractivity contribution in [1.29, 1.82) is 5.26 Å². The average molecular weight is 245 g/mol. The van der Waals surface area contributed by atoms with Gasteiger partial charge in [-0.25, -0.2) is 9.78 Å². The standard InChI is InChI=1S/C11H7N3O2S/c12-4-3-8-9(11(15)16)14-10(17-8)7-2-1-5-13-6-7/h1-2,5-6H,3H2,(H,15,16). The summed E-state index contributed by atoms with van der Waals surface area (Å²) >= 11 is 1.21. The van der Waals surface area contributed by atoms with E-state index in [0.717, 1.165) is 5.56 Å². The molecule has 0 atom stereocenters. The molecule has 2 heterocycles. The van der Waals surface area contributed by atoms with Gasteiger partial charge in [-0.05, 0) is 12.1 Å². The van der Waals surface area contributed by atoms with Gasteiger partial charge in [0.25, 0.3) is 0 Å². The highest BCUT2D eigenvalue weighted by molar-refractivity contribution is 7.15. The van der Waals surface area contributed by atoms with Crippen LogP contribution in [0.4, 0.5) is 0 Å². The average Bonchev–Trinajstić information content (AvgIpc) is 2.75. The maximum Gasteiger partial charge on any atom is 0.355 e. The van der Waals surface area contributed by atoms with Gasteiger partial charge in [0, 0.05) is 18.0 Å². The van der Waals surface area contributed by atoms with Gasteiger partial charge >= 0.3 is 5.97 Å². The third-order valence-corrected chi connectivity index (χ3v) is 3.15. The van der Waals surface area contributed by atoms with Crippen LogP contribution in [0.3, 0.4) is 0 Å².